The summed E-state index contributed by atoms with van der Waals surface area (Å²) in [6.45, 7) is 1.94. The molecule has 0 spiro atoms. The Kier molecular flexibility index (Phi) is 2.58. The van der Waals surface area contributed by atoms with Crippen molar-refractivity contribution in [2.75, 3.05) is 6.16 Å². The molecule has 2 heteroatoms. The van der Waals surface area contributed by atoms with E-state index in [1.54, 1.807) is 0 Å². The predicted octanol–water partition coefficient (Wildman–Crippen LogP) is 2.16. The molecule has 1 atom stereocenters. The molecule has 1 nitrogen and oxygen atoms in total. The van der Waals surface area contributed by atoms with Gasteiger partial charge in [-0.05, 0) is 12.1 Å². The van der Waals surface area contributed by atoms with Crippen LogP contribution in [-0.4, -0.2) is 6.16 Å². The van der Waals surface area contributed by atoms with Crippen LogP contribution in [0.25, 0.3) is 0 Å². The van der Waals surface area contributed by atoms with Crippen molar-refractivity contribution in [2.45, 2.75) is 6.92 Å². The summed E-state index contributed by atoms with van der Waals surface area (Å²) in [4.78, 5) is 0. The number of benzene rings is 1. The Morgan fingerprint density at radius 1 is 1.30 bits per heavy atom. The van der Waals surface area contributed by atoms with Gasteiger partial charge in [0.2, 0.25) is 0 Å². The number of hydrogen-bond acceptors (Lipinski definition) is 1. The van der Waals surface area contributed by atoms with Crippen LogP contribution in [-0.2, 0) is 4.57 Å². The average molecular weight is 153 g/mol. The zero-order chi connectivity index (χ0) is 7.40. The largest absolute Gasteiger partial charge is 0.282 e. The molecule has 0 aliphatic rings. The summed E-state index contributed by atoms with van der Waals surface area (Å²) in [5, 5.41) is 0.958. The van der Waals surface area contributed by atoms with Gasteiger partial charge >= 0.3 is 0 Å². The fraction of sp³-hybridized carbons (Fsp3) is 0.250. The van der Waals surface area contributed by atoms with Crippen molar-refractivity contribution < 1.29 is 4.57 Å². The monoisotopic (exact) mass is 153 g/mol. The maximum atomic E-state index is 11.2. The summed E-state index contributed by atoms with van der Waals surface area (Å²) in [5.41, 5.74) is 0. The quantitative estimate of drug-likeness (QED) is 0.595. The number of hydrogen-bond donors (Lipinski definition) is 0. The van der Waals surface area contributed by atoms with E-state index in [0.717, 1.165) is 11.5 Å². The Bertz CT molecular complexity index is 218. The molecule has 1 rings (SSSR count). The van der Waals surface area contributed by atoms with Gasteiger partial charge in [-0.1, -0.05) is 25.1 Å². The highest BCUT2D eigenvalue weighted by Crippen LogP contribution is 2.17. The van der Waals surface area contributed by atoms with Gasteiger partial charge in [0.05, 0.1) is 0 Å². The van der Waals surface area contributed by atoms with Crippen LogP contribution in [0.3, 0.4) is 0 Å². The lowest BCUT2D eigenvalue weighted by atomic mass is 10.4. The molecule has 10 heavy (non-hydrogen) atoms. The van der Waals surface area contributed by atoms with E-state index in [2.05, 4.69) is 0 Å². The standard InChI is InChI=1S/C8H10OP/c1-2-10(9)8-6-4-3-5-7-8/h3-7H,2H2,1H3. The van der Waals surface area contributed by atoms with Crippen LogP contribution in [0.5, 0.6) is 0 Å². The molecule has 0 bridgehead atoms. The third kappa shape index (κ3) is 1.65. The van der Waals surface area contributed by atoms with Gasteiger partial charge in [0.15, 0.2) is 0 Å². The van der Waals surface area contributed by atoms with Crippen LogP contribution >= 0.6 is 7.80 Å². The smallest absolute Gasteiger partial charge is 0.104 e. The topological polar surface area (TPSA) is 17.1 Å². The molecule has 0 aromatic heterocycles. The molecule has 1 aromatic carbocycles. The Morgan fingerprint density at radius 3 is 2.40 bits per heavy atom. The average Bonchev–Trinajstić information content (AvgIpc) is 2.05. The van der Waals surface area contributed by atoms with E-state index in [4.69, 9.17) is 0 Å². The first-order valence-electron chi connectivity index (χ1n) is 3.34. The second-order valence-electron chi connectivity index (χ2n) is 2.03. The molecule has 0 saturated carbocycles. The highest BCUT2D eigenvalue weighted by atomic mass is 31.1. The van der Waals surface area contributed by atoms with Crippen LogP contribution in [0.4, 0.5) is 0 Å². The minimum Gasteiger partial charge on any atom is -0.282 e. The van der Waals surface area contributed by atoms with Gasteiger partial charge < -0.3 is 0 Å². The minimum absolute atomic E-state index is 0.735. The summed E-state index contributed by atoms with van der Waals surface area (Å²) in [6.07, 6.45) is 0.735. The molecular formula is C8H10OP. The van der Waals surface area contributed by atoms with Crippen molar-refractivity contribution >= 4 is 13.1 Å². The van der Waals surface area contributed by atoms with Crippen molar-refractivity contribution in [1.29, 1.82) is 0 Å². The van der Waals surface area contributed by atoms with Crippen molar-refractivity contribution in [2.24, 2.45) is 0 Å². The molecule has 1 unspecified atom stereocenters. The third-order valence-corrected chi connectivity index (χ3v) is 2.78. The van der Waals surface area contributed by atoms with Crippen LogP contribution in [0.1, 0.15) is 6.92 Å². The highest BCUT2D eigenvalue weighted by Gasteiger charge is 1.97. The molecule has 1 aromatic rings. The molecular weight excluding hydrogens is 143 g/mol. The fourth-order valence-corrected chi connectivity index (χ4v) is 1.65. The van der Waals surface area contributed by atoms with E-state index in [-0.39, 0.29) is 0 Å². The predicted molar refractivity (Wildman–Crippen MR) is 44.2 cm³/mol. The third-order valence-electron chi connectivity index (χ3n) is 1.33. The molecule has 0 heterocycles. The van der Waals surface area contributed by atoms with Gasteiger partial charge in [0.1, 0.15) is 7.80 Å². The Balaban J connectivity index is 2.85. The van der Waals surface area contributed by atoms with Crippen molar-refractivity contribution in [3.05, 3.63) is 30.3 Å². The van der Waals surface area contributed by atoms with E-state index in [0.29, 0.717) is 0 Å². The first kappa shape index (κ1) is 7.43. The minimum atomic E-state index is -1.12. The zero-order valence-corrected chi connectivity index (χ0v) is 6.84. The second kappa shape index (κ2) is 3.48. The lowest BCUT2D eigenvalue weighted by molar-refractivity contribution is 0.594. The first-order valence-corrected chi connectivity index (χ1v) is 4.79. The fourth-order valence-electron chi connectivity index (χ4n) is 0.777. The van der Waals surface area contributed by atoms with E-state index in [1.807, 2.05) is 37.3 Å². The van der Waals surface area contributed by atoms with E-state index in [1.165, 1.54) is 0 Å². The van der Waals surface area contributed by atoms with Gasteiger partial charge in [0.25, 0.3) is 0 Å². The summed E-state index contributed by atoms with van der Waals surface area (Å²) in [5.74, 6) is 0. The van der Waals surface area contributed by atoms with Crippen LogP contribution < -0.4 is 5.30 Å². The first-order chi connectivity index (χ1) is 4.84. The van der Waals surface area contributed by atoms with Gasteiger partial charge in [-0.15, -0.1) is 0 Å². The van der Waals surface area contributed by atoms with Crippen molar-refractivity contribution in [3.63, 3.8) is 0 Å². The van der Waals surface area contributed by atoms with Crippen LogP contribution in [0.15, 0.2) is 30.3 Å². The molecule has 1 radical (unpaired) electrons. The summed E-state index contributed by atoms with van der Waals surface area (Å²) >= 11 is 0. The van der Waals surface area contributed by atoms with Crippen molar-refractivity contribution in [3.8, 4) is 0 Å². The van der Waals surface area contributed by atoms with Gasteiger partial charge in [-0.25, -0.2) is 0 Å². The Morgan fingerprint density at radius 2 is 1.90 bits per heavy atom. The zero-order valence-electron chi connectivity index (χ0n) is 5.95. The van der Waals surface area contributed by atoms with Gasteiger partial charge in [0, 0.05) is 11.5 Å². The Hall–Kier alpha value is -0.680. The number of rotatable bonds is 2. The Labute approximate surface area is 61.9 Å². The lowest BCUT2D eigenvalue weighted by Crippen LogP contribution is -1.94. The molecule has 0 saturated heterocycles. The van der Waals surface area contributed by atoms with Crippen LogP contribution in [0.2, 0.25) is 0 Å². The molecule has 0 aliphatic heterocycles. The highest BCUT2D eigenvalue weighted by molar-refractivity contribution is 7.53. The van der Waals surface area contributed by atoms with Crippen molar-refractivity contribution in [1.82, 2.24) is 0 Å². The maximum absolute atomic E-state index is 11.2. The summed E-state index contributed by atoms with van der Waals surface area (Å²) in [7, 11) is -1.12. The van der Waals surface area contributed by atoms with Crippen LogP contribution in [0, 0.1) is 0 Å². The second-order valence-corrected chi connectivity index (χ2v) is 3.94. The van der Waals surface area contributed by atoms with Gasteiger partial charge in [-0.2, -0.15) is 0 Å². The summed E-state index contributed by atoms with van der Waals surface area (Å²) < 4.78 is 11.2. The SMILES string of the molecule is CC[P](=O)c1ccccc1. The molecule has 0 amide bonds. The van der Waals surface area contributed by atoms with E-state index >= 15 is 0 Å². The molecule has 0 fully saturated rings. The van der Waals surface area contributed by atoms with E-state index < -0.39 is 7.80 Å². The molecule has 0 N–H and O–H groups in total. The molecule has 53 valence electrons. The maximum Gasteiger partial charge on any atom is 0.104 e. The lowest BCUT2D eigenvalue weighted by Gasteiger charge is -1.94. The van der Waals surface area contributed by atoms with Gasteiger partial charge in [-0.3, -0.25) is 4.57 Å². The van der Waals surface area contributed by atoms with E-state index in [9.17, 15) is 4.57 Å². The normalized spacial score (nSPS) is 11.1. The summed E-state index contributed by atoms with van der Waals surface area (Å²) in [6, 6.07) is 9.57. The molecule has 0 aliphatic carbocycles.